The molecule has 2 heteroatoms. The second-order valence-electron chi connectivity index (χ2n) is 9.05. The van der Waals surface area contributed by atoms with Crippen molar-refractivity contribution in [2.75, 3.05) is 0 Å². The molecule has 2 heterocycles. The van der Waals surface area contributed by atoms with Crippen molar-refractivity contribution in [3.63, 3.8) is 0 Å². The zero-order valence-electron chi connectivity index (χ0n) is 16.3. The molecule has 0 aromatic carbocycles. The normalized spacial score (nSPS) is 27.2. The van der Waals surface area contributed by atoms with Crippen molar-refractivity contribution >= 4 is 14.8 Å². The van der Waals surface area contributed by atoms with Crippen LogP contribution in [0.5, 0.6) is 0 Å². The lowest BCUT2D eigenvalue weighted by molar-refractivity contribution is 0.446. The van der Waals surface area contributed by atoms with Crippen LogP contribution in [0.1, 0.15) is 87.0 Å². The van der Waals surface area contributed by atoms with Crippen LogP contribution in [0.3, 0.4) is 0 Å². The Hall–Kier alpha value is 0.0218. The summed E-state index contributed by atoms with van der Waals surface area (Å²) in [6.45, 7) is 18.5. The Kier molecular flexibility index (Phi) is 6.08. The third-order valence-electron chi connectivity index (χ3n) is 7.35. The van der Waals surface area contributed by atoms with Gasteiger partial charge in [-0.25, -0.2) is 0 Å². The SMILES string of the molecule is C/C=C(/B1C2CCCC1CCC2)[Si](C(C)C)(C(C)C)C(C)C. The first kappa shape index (κ1) is 18.4. The lowest BCUT2D eigenvalue weighted by atomic mass is 9.27. The van der Waals surface area contributed by atoms with Gasteiger partial charge < -0.3 is 0 Å². The Bertz CT molecular complexity index is 353. The molecule has 2 aliphatic heterocycles. The average molecular weight is 318 g/mol. The van der Waals surface area contributed by atoms with Crippen molar-refractivity contribution in [1.82, 2.24) is 0 Å². The fourth-order valence-electron chi connectivity index (χ4n) is 6.92. The highest BCUT2D eigenvalue weighted by Crippen LogP contribution is 2.55. The first-order valence-electron chi connectivity index (χ1n) is 10.0. The first-order chi connectivity index (χ1) is 10.4. The van der Waals surface area contributed by atoms with E-state index in [1.54, 1.807) is 0 Å². The van der Waals surface area contributed by atoms with Gasteiger partial charge in [0.15, 0.2) is 6.71 Å². The van der Waals surface area contributed by atoms with E-state index < -0.39 is 8.07 Å². The van der Waals surface area contributed by atoms with Crippen molar-refractivity contribution in [2.24, 2.45) is 0 Å². The molecule has 126 valence electrons. The minimum absolute atomic E-state index is 0.862. The van der Waals surface area contributed by atoms with Crippen LogP contribution in [0, 0.1) is 0 Å². The number of hydrogen-bond donors (Lipinski definition) is 0. The molecular weight excluding hydrogens is 279 g/mol. The maximum absolute atomic E-state index is 2.62. The topological polar surface area (TPSA) is 0 Å². The van der Waals surface area contributed by atoms with Gasteiger partial charge in [0.2, 0.25) is 0 Å². The van der Waals surface area contributed by atoms with Gasteiger partial charge >= 0.3 is 0 Å². The first-order valence-corrected chi connectivity index (χ1v) is 12.3. The smallest absolute Gasteiger partial charge is 0.113 e. The van der Waals surface area contributed by atoms with Crippen LogP contribution in [-0.4, -0.2) is 14.8 Å². The standard InChI is InChI=1S/C20H39BSi/c1-8-20(22(15(2)3,16(4)5)17(6)7)21-18-11-9-12-19(21)14-10-13-18/h8,15-19H,9-14H2,1-7H3/b20-8-. The molecule has 0 nitrogen and oxygen atoms in total. The van der Waals surface area contributed by atoms with Crippen molar-refractivity contribution in [1.29, 1.82) is 0 Å². The Morgan fingerprint density at radius 1 is 0.818 bits per heavy atom. The molecule has 2 aliphatic rings. The summed E-state index contributed by atoms with van der Waals surface area (Å²) in [6.07, 6.45) is 11.7. The molecule has 0 spiro atoms. The zero-order chi connectivity index (χ0) is 16.5. The summed E-state index contributed by atoms with van der Waals surface area (Å²) >= 11 is 0. The van der Waals surface area contributed by atoms with Gasteiger partial charge in [-0.3, -0.25) is 0 Å². The molecule has 2 rings (SSSR count). The van der Waals surface area contributed by atoms with E-state index in [2.05, 4.69) is 54.5 Å². The summed E-state index contributed by atoms with van der Waals surface area (Å²) in [5.41, 5.74) is 2.59. The molecule has 0 aromatic rings. The molecule has 0 amide bonds. The lowest BCUT2D eigenvalue weighted by Gasteiger charge is -2.52. The van der Waals surface area contributed by atoms with Crippen LogP contribution in [0.2, 0.25) is 28.3 Å². The van der Waals surface area contributed by atoms with E-state index in [0.29, 0.717) is 0 Å². The van der Waals surface area contributed by atoms with Crippen LogP contribution < -0.4 is 0 Å². The average Bonchev–Trinajstić information content (AvgIpc) is 2.42. The van der Waals surface area contributed by atoms with Crippen molar-refractivity contribution in [2.45, 2.75) is 115 Å². The monoisotopic (exact) mass is 318 g/mol. The lowest BCUT2D eigenvalue weighted by Crippen LogP contribution is -2.54. The largest absolute Gasteiger partial charge is 0.171 e. The molecule has 0 saturated carbocycles. The van der Waals surface area contributed by atoms with Gasteiger partial charge in [0, 0.05) is 0 Å². The van der Waals surface area contributed by atoms with Gasteiger partial charge in [-0.05, 0) is 23.5 Å². The van der Waals surface area contributed by atoms with Gasteiger partial charge in [0.25, 0.3) is 0 Å². The van der Waals surface area contributed by atoms with Gasteiger partial charge in [-0.2, -0.15) is 0 Å². The molecule has 2 fully saturated rings. The Morgan fingerprint density at radius 2 is 1.18 bits per heavy atom. The molecule has 0 atom stereocenters. The molecule has 0 N–H and O–H groups in total. The third-order valence-corrected chi connectivity index (χ3v) is 14.7. The van der Waals surface area contributed by atoms with E-state index in [-0.39, 0.29) is 0 Å². The maximum Gasteiger partial charge on any atom is 0.171 e. The van der Waals surface area contributed by atoms with Crippen molar-refractivity contribution in [3.05, 3.63) is 11.2 Å². The summed E-state index contributed by atoms with van der Waals surface area (Å²) in [4.78, 5) is 0. The quantitative estimate of drug-likeness (QED) is 0.467. The van der Waals surface area contributed by atoms with Gasteiger partial charge in [-0.1, -0.05) is 91.7 Å². The fourth-order valence-corrected chi connectivity index (χ4v) is 14.5. The zero-order valence-corrected chi connectivity index (χ0v) is 17.3. The predicted octanol–water partition coefficient (Wildman–Crippen LogP) is 7.29. The fraction of sp³-hybridized carbons (Fsp3) is 0.900. The molecule has 22 heavy (non-hydrogen) atoms. The van der Waals surface area contributed by atoms with Crippen LogP contribution in [0.15, 0.2) is 11.2 Å². The Labute approximate surface area is 141 Å². The van der Waals surface area contributed by atoms with Gasteiger partial charge in [-0.15, -0.1) is 11.2 Å². The highest BCUT2D eigenvalue weighted by molar-refractivity contribution is 7.03. The van der Waals surface area contributed by atoms with Gasteiger partial charge in [0.1, 0.15) is 0 Å². The molecule has 0 aliphatic carbocycles. The van der Waals surface area contributed by atoms with Crippen LogP contribution in [0.25, 0.3) is 0 Å². The molecule has 2 saturated heterocycles. The second kappa shape index (κ2) is 7.28. The minimum Gasteiger partial charge on any atom is -0.113 e. The second-order valence-corrected chi connectivity index (χ2v) is 15.0. The van der Waals surface area contributed by atoms with Crippen molar-refractivity contribution in [3.8, 4) is 0 Å². The highest BCUT2D eigenvalue weighted by Gasteiger charge is 2.52. The van der Waals surface area contributed by atoms with E-state index in [1.165, 1.54) is 38.5 Å². The Balaban J connectivity index is 2.48. The summed E-state index contributed by atoms with van der Waals surface area (Å²) in [7, 11) is -1.45. The van der Waals surface area contributed by atoms with E-state index in [9.17, 15) is 0 Å². The van der Waals surface area contributed by atoms with Gasteiger partial charge in [0.05, 0.1) is 8.07 Å². The van der Waals surface area contributed by atoms with Crippen LogP contribution in [-0.2, 0) is 0 Å². The summed E-state index contributed by atoms with van der Waals surface area (Å²) in [6, 6.07) is 0. The van der Waals surface area contributed by atoms with E-state index in [0.717, 1.165) is 35.0 Å². The molecule has 2 bridgehead atoms. The van der Waals surface area contributed by atoms with Crippen LogP contribution in [0.4, 0.5) is 0 Å². The van der Waals surface area contributed by atoms with Crippen LogP contribution >= 0.6 is 0 Å². The number of rotatable bonds is 5. The highest BCUT2D eigenvalue weighted by atomic mass is 28.3. The molecule has 0 radical (unpaired) electrons. The number of fused-ring (bicyclic) bond motifs is 2. The van der Waals surface area contributed by atoms with E-state index in [1.807, 2.05) is 5.10 Å². The number of allylic oxidation sites excluding steroid dienone is 1. The summed E-state index contributed by atoms with van der Waals surface area (Å²) < 4.78 is 0. The Morgan fingerprint density at radius 3 is 1.45 bits per heavy atom. The number of hydrogen-bond acceptors (Lipinski definition) is 0. The van der Waals surface area contributed by atoms with Crippen molar-refractivity contribution < 1.29 is 0 Å². The summed E-state index contributed by atoms with van der Waals surface area (Å²) in [5, 5.41) is 1.99. The van der Waals surface area contributed by atoms with E-state index in [4.69, 9.17) is 0 Å². The van der Waals surface area contributed by atoms with E-state index >= 15 is 0 Å². The summed E-state index contributed by atoms with van der Waals surface area (Å²) in [5.74, 6) is 2.03. The molecular formula is C20H39BSi. The maximum atomic E-state index is 2.62. The molecule has 0 unspecified atom stereocenters. The molecule has 0 aromatic heterocycles. The minimum atomic E-state index is -1.45. The third kappa shape index (κ3) is 2.90. The predicted molar refractivity (Wildman–Crippen MR) is 106 cm³/mol.